The fourth-order valence-electron chi connectivity index (χ4n) is 1.74. The Morgan fingerprint density at radius 2 is 1.90 bits per heavy atom. The number of thiocarbonyl (C=S) groups is 1. The Bertz CT molecular complexity index is 448. The molecule has 0 spiro atoms. The molecule has 0 fully saturated rings. The molecule has 1 rings (SSSR count). The maximum atomic E-state index is 11.3. The number of benzene rings is 1. The highest BCUT2D eigenvalue weighted by Crippen LogP contribution is 2.16. The number of carbonyl (C=O) groups excluding carboxylic acids is 1. The first-order valence-electron chi connectivity index (χ1n) is 6.29. The van der Waals surface area contributed by atoms with Crippen molar-refractivity contribution in [3.63, 3.8) is 0 Å². The van der Waals surface area contributed by atoms with Crippen molar-refractivity contribution in [1.82, 2.24) is 0 Å². The zero-order valence-electron chi connectivity index (χ0n) is 11.8. The maximum absolute atomic E-state index is 11.3. The van der Waals surface area contributed by atoms with Gasteiger partial charge in [-0.3, -0.25) is 4.79 Å². The first-order valence-corrected chi connectivity index (χ1v) is 6.70. The average Bonchev–Trinajstić information content (AvgIpc) is 2.47. The molecular weight excluding hydrogens is 276 g/mol. The van der Waals surface area contributed by atoms with Gasteiger partial charge < -0.3 is 20.1 Å². The number of nitrogens with two attached hydrogens (primary N) is 1. The van der Waals surface area contributed by atoms with E-state index in [1.54, 1.807) is 7.11 Å². The molecule has 6 heteroatoms. The summed E-state index contributed by atoms with van der Waals surface area (Å²) in [5.74, 6) is -0.229. The lowest BCUT2D eigenvalue weighted by Crippen LogP contribution is -2.30. The second kappa shape index (κ2) is 8.50. The lowest BCUT2D eigenvalue weighted by molar-refractivity contribution is -0.140. The quantitative estimate of drug-likeness (QED) is 0.577. The van der Waals surface area contributed by atoms with Crippen LogP contribution in [0.15, 0.2) is 24.3 Å². The first-order chi connectivity index (χ1) is 9.58. The van der Waals surface area contributed by atoms with Gasteiger partial charge in [0.25, 0.3) is 0 Å². The number of methoxy groups -OCH3 is 2. The van der Waals surface area contributed by atoms with E-state index in [2.05, 4.69) is 9.64 Å². The fraction of sp³-hybridized carbons (Fsp3) is 0.429. The van der Waals surface area contributed by atoms with Gasteiger partial charge in [-0.2, -0.15) is 0 Å². The predicted octanol–water partition coefficient (Wildman–Crippen LogP) is 1.34. The minimum atomic E-state index is -0.229. The van der Waals surface area contributed by atoms with Crippen LogP contribution in [-0.2, 0) is 14.3 Å². The Morgan fingerprint density at radius 1 is 1.25 bits per heavy atom. The Labute approximate surface area is 124 Å². The van der Waals surface area contributed by atoms with Gasteiger partial charge >= 0.3 is 5.97 Å². The van der Waals surface area contributed by atoms with Crippen LogP contribution in [-0.4, -0.2) is 44.9 Å². The molecule has 2 N–H and O–H groups in total. The lowest BCUT2D eigenvalue weighted by atomic mass is 10.2. The van der Waals surface area contributed by atoms with Crippen molar-refractivity contribution in [2.24, 2.45) is 5.73 Å². The molecule has 0 aliphatic carbocycles. The molecule has 5 nitrogen and oxygen atoms in total. The highest BCUT2D eigenvalue weighted by Gasteiger charge is 2.10. The minimum Gasteiger partial charge on any atom is -0.469 e. The molecular formula is C14H20N2O3S. The van der Waals surface area contributed by atoms with E-state index in [0.717, 1.165) is 11.3 Å². The van der Waals surface area contributed by atoms with Gasteiger partial charge in [0.15, 0.2) is 0 Å². The minimum absolute atomic E-state index is 0.229. The molecule has 0 aromatic heterocycles. The van der Waals surface area contributed by atoms with Crippen molar-refractivity contribution < 1.29 is 14.3 Å². The third-order valence-electron chi connectivity index (χ3n) is 2.90. The highest BCUT2D eigenvalue weighted by atomic mass is 32.1. The maximum Gasteiger partial charge on any atom is 0.307 e. The monoisotopic (exact) mass is 296 g/mol. The molecule has 0 aliphatic heterocycles. The molecule has 0 atom stereocenters. The molecule has 0 saturated heterocycles. The van der Waals surface area contributed by atoms with Gasteiger partial charge in [0, 0.05) is 31.5 Å². The van der Waals surface area contributed by atoms with Gasteiger partial charge in [-0.05, 0) is 24.3 Å². The molecule has 110 valence electrons. The summed E-state index contributed by atoms with van der Waals surface area (Å²) in [7, 11) is 3.03. The van der Waals surface area contributed by atoms with E-state index < -0.39 is 0 Å². The van der Waals surface area contributed by atoms with E-state index >= 15 is 0 Å². The highest BCUT2D eigenvalue weighted by molar-refractivity contribution is 7.80. The molecule has 20 heavy (non-hydrogen) atoms. The van der Waals surface area contributed by atoms with Gasteiger partial charge in [-0.15, -0.1) is 0 Å². The zero-order valence-corrected chi connectivity index (χ0v) is 12.6. The topological polar surface area (TPSA) is 64.8 Å². The zero-order chi connectivity index (χ0) is 15.0. The Balaban J connectivity index is 2.75. The van der Waals surface area contributed by atoms with Crippen LogP contribution in [0.1, 0.15) is 12.0 Å². The SMILES string of the molecule is COCCN(CCC(=O)OC)c1ccc(C(N)=S)cc1. The largest absolute Gasteiger partial charge is 0.469 e. The van der Waals surface area contributed by atoms with Crippen LogP contribution in [0.25, 0.3) is 0 Å². The second-order valence-electron chi connectivity index (χ2n) is 4.22. The third-order valence-corrected chi connectivity index (χ3v) is 3.13. The smallest absolute Gasteiger partial charge is 0.307 e. The summed E-state index contributed by atoms with van der Waals surface area (Å²) in [6.07, 6.45) is 0.331. The standard InChI is InChI=1S/C14H20N2O3S/c1-18-10-9-16(8-7-13(17)19-2)12-5-3-11(4-6-12)14(15)20/h3-6H,7-10H2,1-2H3,(H2,15,20). The molecule has 0 unspecified atom stereocenters. The molecule has 0 heterocycles. The van der Waals surface area contributed by atoms with Crippen LogP contribution in [0.3, 0.4) is 0 Å². The van der Waals surface area contributed by atoms with Gasteiger partial charge in [0.05, 0.1) is 20.1 Å². The summed E-state index contributed by atoms with van der Waals surface area (Å²) in [6.45, 7) is 1.85. The number of carbonyl (C=O) groups is 1. The molecule has 0 bridgehead atoms. The molecule has 1 aromatic carbocycles. The second-order valence-corrected chi connectivity index (χ2v) is 4.66. The van der Waals surface area contributed by atoms with E-state index in [0.29, 0.717) is 31.1 Å². The van der Waals surface area contributed by atoms with Crippen LogP contribution >= 0.6 is 12.2 Å². The number of nitrogens with zero attached hydrogens (tertiary/aromatic N) is 1. The summed E-state index contributed by atoms with van der Waals surface area (Å²) in [5, 5.41) is 0. The van der Waals surface area contributed by atoms with E-state index in [-0.39, 0.29) is 5.97 Å². The molecule has 0 saturated carbocycles. The van der Waals surface area contributed by atoms with Crippen molar-refractivity contribution in [3.8, 4) is 0 Å². The van der Waals surface area contributed by atoms with Crippen LogP contribution in [0.2, 0.25) is 0 Å². The summed E-state index contributed by atoms with van der Waals surface area (Å²) in [6, 6.07) is 7.61. The average molecular weight is 296 g/mol. The van der Waals surface area contributed by atoms with Crippen molar-refractivity contribution in [2.75, 3.05) is 38.8 Å². The van der Waals surface area contributed by atoms with Gasteiger partial charge in [-0.25, -0.2) is 0 Å². The number of esters is 1. The summed E-state index contributed by atoms with van der Waals surface area (Å²) < 4.78 is 9.75. The lowest BCUT2D eigenvalue weighted by Gasteiger charge is -2.24. The summed E-state index contributed by atoms with van der Waals surface area (Å²) >= 11 is 4.93. The first kappa shape index (κ1) is 16.4. The van der Waals surface area contributed by atoms with E-state index in [1.165, 1.54) is 7.11 Å². The summed E-state index contributed by atoms with van der Waals surface area (Å²) in [5.41, 5.74) is 7.39. The third kappa shape index (κ3) is 5.14. The van der Waals surface area contributed by atoms with E-state index in [1.807, 2.05) is 24.3 Å². The van der Waals surface area contributed by atoms with Gasteiger partial charge in [-0.1, -0.05) is 12.2 Å². The van der Waals surface area contributed by atoms with Gasteiger partial charge in [0.1, 0.15) is 4.99 Å². The molecule has 0 amide bonds. The van der Waals surface area contributed by atoms with E-state index in [9.17, 15) is 4.79 Å². The Morgan fingerprint density at radius 3 is 2.40 bits per heavy atom. The van der Waals surface area contributed by atoms with E-state index in [4.69, 9.17) is 22.7 Å². The fourth-order valence-corrected chi connectivity index (χ4v) is 1.87. The van der Waals surface area contributed by atoms with Crippen molar-refractivity contribution in [2.45, 2.75) is 6.42 Å². The van der Waals surface area contributed by atoms with Crippen LogP contribution in [0, 0.1) is 0 Å². The number of hydrogen-bond acceptors (Lipinski definition) is 5. The van der Waals surface area contributed by atoms with Crippen LogP contribution in [0.5, 0.6) is 0 Å². The summed E-state index contributed by atoms with van der Waals surface area (Å²) in [4.78, 5) is 13.7. The predicted molar refractivity (Wildman–Crippen MR) is 83.1 cm³/mol. The van der Waals surface area contributed by atoms with Gasteiger partial charge in [0.2, 0.25) is 0 Å². The normalized spacial score (nSPS) is 10.1. The molecule has 0 radical (unpaired) electrons. The number of ether oxygens (including phenoxy) is 2. The molecule has 0 aliphatic rings. The van der Waals surface area contributed by atoms with Crippen molar-refractivity contribution >= 4 is 28.9 Å². The molecule has 1 aromatic rings. The van der Waals surface area contributed by atoms with Crippen molar-refractivity contribution in [3.05, 3.63) is 29.8 Å². The number of rotatable bonds is 8. The van der Waals surface area contributed by atoms with Crippen molar-refractivity contribution in [1.29, 1.82) is 0 Å². The Hall–Kier alpha value is -1.66. The van der Waals surface area contributed by atoms with Crippen LogP contribution in [0.4, 0.5) is 5.69 Å². The number of anilines is 1. The Kier molecular flexibility index (Phi) is 6.97. The van der Waals surface area contributed by atoms with Crippen LogP contribution < -0.4 is 10.6 Å². The number of hydrogen-bond donors (Lipinski definition) is 1.